The third kappa shape index (κ3) is 8.97. The molecule has 0 radical (unpaired) electrons. The Balaban J connectivity index is 1.37. The number of benzene rings is 3. The van der Waals surface area contributed by atoms with Gasteiger partial charge in [0, 0.05) is 23.4 Å². The Hall–Kier alpha value is -2.72. The van der Waals surface area contributed by atoms with Crippen LogP contribution >= 0.6 is 12.6 Å². The number of ether oxygens (including phenoxy) is 1. The molecule has 0 bridgehead atoms. The van der Waals surface area contributed by atoms with Crippen molar-refractivity contribution in [2.45, 2.75) is 51.4 Å². The fourth-order valence-corrected chi connectivity index (χ4v) is 3.96. The average Bonchev–Trinajstić information content (AvgIpc) is 2.86. The van der Waals surface area contributed by atoms with Crippen molar-refractivity contribution in [2.75, 3.05) is 17.6 Å². The second-order valence-electron chi connectivity index (χ2n) is 8.32. The van der Waals surface area contributed by atoms with E-state index in [9.17, 15) is 4.79 Å². The van der Waals surface area contributed by atoms with Crippen molar-refractivity contribution in [1.82, 2.24) is 0 Å². The molecule has 0 aromatic heterocycles. The number of carbonyl (C=O) groups excluding carboxylic acids is 1. The first-order chi connectivity index (χ1) is 16.3. The molecule has 0 amide bonds. The van der Waals surface area contributed by atoms with E-state index < -0.39 is 0 Å². The number of rotatable bonds is 15. The van der Waals surface area contributed by atoms with E-state index in [4.69, 9.17) is 4.74 Å². The predicted octanol–water partition coefficient (Wildman–Crippen LogP) is 8.17. The van der Waals surface area contributed by atoms with Crippen LogP contribution in [-0.4, -0.2) is 18.1 Å². The number of hydrogen-bond acceptors (Lipinski definition) is 4. The number of carbonyl (C=O) groups is 1. The number of thiol groups is 1. The van der Waals surface area contributed by atoms with Crippen LogP contribution in [-0.2, 0) is 0 Å². The summed E-state index contributed by atoms with van der Waals surface area (Å²) in [6, 6.07) is 24.7. The quantitative estimate of drug-likeness (QED) is 0.136. The van der Waals surface area contributed by atoms with Gasteiger partial charge in [0.1, 0.15) is 11.5 Å². The molecule has 0 spiro atoms. The molecule has 0 aliphatic heterocycles. The lowest BCUT2D eigenvalue weighted by molar-refractivity contribution is 0.103. The first-order valence-corrected chi connectivity index (χ1v) is 12.7. The van der Waals surface area contributed by atoms with Crippen molar-refractivity contribution in [3.63, 3.8) is 0 Å². The lowest BCUT2D eigenvalue weighted by Crippen LogP contribution is -2.04. The van der Waals surface area contributed by atoms with E-state index in [2.05, 4.69) is 17.9 Å². The molecular formula is C29H35NO2S. The van der Waals surface area contributed by atoms with E-state index in [1.54, 1.807) is 0 Å². The molecule has 3 aromatic rings. The van der Waals surface area contributed by atoms with Gasteiger partial charge < -0.3 is 10.1 Å². The van der Waals surface area contributed by atoms with Gasteiger partial charge >= 0.3 is 0 Å². The lowest BCUT2D eigenvalue weighted by atomic mass is 10.0. The highest BCUT2D eigenvalue weighted by molar-refractivity contribution is 7.80. The molecule has 0 saturated heterocycles. The van der Waals surface area contributed by atoms with Gasteiger partial charge in [-0.3, -0.25) is 4.79 Å². The van der Waals surface area contributed by atoms with E-state index >= 15 is 0 Å². The third-order valence-corrected chi connectivity index (χ3v) is 5.97. The van der Waals surface area contributed by atoms with Gasteiger partial charge in [-0.2, -0.15) is 12.6 Å². The number of ketones is 1. The summed E-state index contributed by atoms with van der Waals surface area (Å²) in [7, 11) is 0. The van der Waals surface area contributed by atoms with Crippen LogP contribution < -0.4 is 10.1 Å². The molecule has 0 fully saturated rings. The maximum absolute atomic E-state index is 12.8. The molecule has 3 nitrogen and oxygen atoms in total. The molecular weight excluding hydrogens is 426 g/mol. The highest BCUT2D eigenvalue weighted by Crippen LogP contribution is 2.22. The van der Waals surface area contributed by atoms with Gasteiger partial charge in [0.05, 0.1) is 0 Å². The summed E-state index contributed by atoms with van der Waals surface area (Å²) in [6.45, 7) is 0.968. The van der Waals surface area contributed by atoms with Crippen molar-refractivity contribution in [3.05, 3.63) is 90.0 Å². The van der Waals surface area contributed by atoms with Gasteiger partial charge in [0.25, 0.3) is 0 Å². The van der Waals surface area contributed by atoms with Crippen LogP contribution in [0.2, 0.25) is 0 Å². The Bertz CT molecular complexity index is 940. The molecule has 3 rings (SSSR count). The molecule has 174 valence electrons. The minimum Gasteiger partial charge on any atom is -0.457 e. The van der Waals surface area contributed by atoms with Gasteiger partial charge in [0.2, 0.25) is 0 Å². The van der Waals surface area contributed by atoms with Crippen LogP contribution in [0.3, 0.4) is 0 Å². The Morgan fingerprint density at radius 3 is 1.76 bits per heavy atom. The number of anilines is 1. The Kier molecular flexibility index (Phi) is 10.9. The molecule has 0 aliphatic carbocycles. The van der Waals surface area contributed by atoms with Gasteiger partial charge in [-0.1, -0.05) is 56.7 Å². The summed E-state index contributed by atoms with van der Waals surface area (Å²) in [5.41, 5.74) is 2.40. The predicted molar refractivity (Wildman–Crippen MR) is 142 cm³/mol. The summed E-state index contributed by atoms with van der Waals surface area (Å²) >= 11 is 4.25. The van der Waals surface area contributed by atoms with E-state index in [1.165, 1.54) is 51.4 Å². The fraction of sp³-hybridized carbons (Fsp3) is 0.345. The average molecular weight is 462 g/mol. The number of nitrogens with one attached hydrogen (secondary N) is 1. The molecule has 4 heteroatoms. The Labute approximate surface area is 204 Å². The van der Waals surface area contributed by atoms with Crippen LogP contribution in [0, 0.1) is 0 Å². The molecule has 0 heterocycles. The number of unbranched alkanes of at least 4 members (excludes halogenated alkanes) is 7. The molecule has 0 unspecified atom stereocenters. The van der Waals surface area contributed by atoms with E-state index in [1.807, 2.05) is 78.9 Å². The lowest BCUT2D eigenvalue weighted by Gasteiger charge is -2.08. The maximum atomic E-state index is 12.8. The first kappa shape index (κ1) is 24.9. The second kappa shape index (κ2) is 14.4. The van der Waals surface area contributed by atoms with E-state index in [-0.39, 0.29) is 5.78 Å². The zero-order valence-corrected chi connectivity index (χ0v) is 20.2. The minimum absolute atomic E-state index is 0.0159. The number of para-hydroxylation sites is 1. The Morgan fingerprint density at radius 1 is 0.636 bits per heavy atom. The Morgan fingerprint density at radius 2 is 1.15 bits per heavy atom. The zero-order valence-electron chi connectivity index (χ0n) is 19.3. The van der Waals surface area contributed by atoms with Crippen LogP contribution in [0.25, 0.3) is 0 Å². The number of hydrogen-bond donors (Lipinski definition) is 2. The molecule has 1 N–H and O–H groups in total. The molecule has 0 atom stereocenters. The largest absolute Gasteiger partial charge is 0.457 e. The maximum Gasteiger partial charge on any atom is 0.193 e. The molecule has 33 heavy (non-hydrogen) atoms. The van der Waals surface area contributed by atoms with Crippen molar-refractivity contribution < 1.29 is 9.53 Å². The van der Waals surface area contributed by atoms with Gasteiger partial charge in [-0.15, -0.1) is 0 Å². The summed E-state index contributed by atoms with van der Waals surface area (Å²) in [4.78, 5) is 12.8. The standard InChI is InChI=1S/C29H35NO2S/c31-29(25-16-20-28(21-17-25)32-27-12-8-7-9-13-27)24-14-18-26(19-15-24)30-22-10-5-3-1-2-4-6-11-23-33/h7-9,12-21,30,33H,1-6,10-11,22-23H2. The highest BCUT2D eigenvalue weighted by Gasteiger charge is 2.09. The second-order valence-corrected chi connectivity index (χ2v) is 8.77. The zero-order chi connectivity index (χ0) is 23.1. The first-order valence-electron chi connectivity index (χ1n) is 12.1. The summed E-state index contributed by atoms with van der Waals surface area (Å²) in [5.74, 6) is 2.52. The summed E-state index contributed by atoms with van der Waals surface area (Å²) in [5, 5.41) is 3.46. The van der Waals surface area contributed by atoms with Crippen LogP contribution in [0.15, 0.2) is 78.9 Å². The topological polar surface area (TPSA) is 38.3 Å². The molecule has 0 saturated carbocycles. The van der Waals surface area contributed by atoms with E-state index in [0.29, 0.717) is 16.9 Å². The summed E-state index contributed by atoms with van der Waals surface area (Å²) in [6.07, 6.45) is 10.3. The van der Waals surface area contributed by atoms with Crippen molar-refractivity contribution in [1.29, 1.82) is 0 Å². The van der Waals surface area contributed by atoms with Gasteiger partial charge in [0.15, 0.2) is 5.78 Å². The smallest absolute Gasteiger partial charge is 0.193 e. The van der Waals surface area contributed by atoms with Crippen molar-refractivity contribution in [3.8, 4) is 11.5 Å². The van der Waals surface area contributed by atoms with Crippen LogP contribution in [0.5, 0.6) is 11.5 Å². The van der Waals surface area contributed by atoms with E-state index in [0.717, 1.165) is 23.7 Å². The molecule has 3 aromatic carbocycles. The highest BCUT2D eigenvalue weighted by atomic mass is 32.1. The SMILES string of the molecule is O=C(c1ccc(NCCCCCCCCCCS)cc1)c1ccc(Oc2ccccc2)cc1. The summed E-state index contributed by atoms with van der Waals surface area (Å²) < 4.78 is 5.80. The monoisotopic (exact) mass is 461 g/mol. The molecule has 0 aliphatic rings. The minimum atomic E-state index is 0.0159. The van der Waals surface area contributed by atoms with Crippen LogP contribution in [0.4, 0.5) is 5.69 Å². The van der Waals surface area contributed by atoms with Crippen LogP contribution in [0.1, 0.15) is 67.3 Å². The van der Waals surface area contributed by atoms with Gasteiger partial charge in [-0.25, -0.2) is 0 Å². The third-order valence-electron chi connectivity index (χ3n) is 5.66. The fourth-order valence-electron chi connectivity index (χ4n) is 3.74. The van der Waals surface area contributed by atoms with Crippen molar-refractivity contribution >= 4 is 24.1 Å². The van der Waals surface area contributed by atoms with Crippen molar-refractivity contribution in [2.24, 2.45) is 0 Å². The van der Waals surface area contributed by atoms with Gasteiger partial charge in [-0.05, 0) is 79.3 Å². The normalized spacial score (nSPS) is 10.7.